The minimum atomic E-state index is -0.464. The van der Waals surface area contributed by atoms with Crippen LogP contribution in [0.25, 0.3) is 0 Å². The molecule has 1 aliphatic carbocycles. The molecule has 3 atom stereocenters. The predicted molar refractivity (Wildman–Crippen MR) is 110 cm³/mol. The number of nitrogens with zero attached hydrogens (tertiary/aromatic N) is 1. The van der Waals surface area contributed by atoms with Crippen LogP contribution in [-0.4, -0.2) is 36.9 Å². The summed E-state index contributed by atoms with van der Waals surface area (Å²) in [5.74, 6) is -0.870. The maximum Gasteiger partial charge on any atom is 0.336 e. The van der Waals surface area contributed by atoms with E-state index in [4.69, 9.17) is 4.74 Å². The van der Waals surface area contributed by atoms with Crippen molar-refractivity contribution in [1.82, 2.24) is 4.90 Å². The fourth-order valence-corrected chi connectivity index (χ4v) is 5.62. The van der Waals surface area contributed by atoms with Crippen molar-refractivity contribution in [2.75, 3.05) is 19.0 Å². The largest absolute Gasteiger partial charge is 0.466 e. The molecule has 2 aliphatic heterocycles. The van der Waals surface area contributed by atoms with E-state index in [1.165, 1.54) is 18.2 Å². The highest BCUT2D eigenvalue weighted by Gasteiger charge is 2.59. The molecule has 1 N–H and O–H groups in total. The lowest BCUT2D eigenvalue weighted by Gasteiger charge is -2.42. The molecule has 0 aromatic heterocycles. The van der Waals surface area contributed by atoms with Crippen molar-refractivity contribution in [2.24, 2.45) is 5.92 Å². The van der Waals surface area contributed by atoms with E-state index in [9.17, 15) is 9.59 Å². The third-order valence-electron chi connectivity index (χ3n) is 6.83. The van der Waals surface area contributed by atoms with Gasteiger partial charge in [0.15, 0.2) is 0 Å². The average molecular weight is 388 g/mol. The fourth-order valence-electron chi connectivity index (χ4n) is 5.62. The van der Waals surface area contributed by atoms with Crippen LogP contribution in [0, 0.1) is 5.92 Å². The van der Waals surface area contributed by atoms with Crippen LogP contribution in [0.4, 0.5) is 5.69 Å². The molecule has 0 bridgehead atoms. The van der Waals surface area contributed by atoms with Gasteiger partial charge in [0, 0.05) is 30.5 Å². The summed E-state index contributed by atoms with van der Waals surface area (Å²) in [5.41, 5.74) is 4.58. The number of anilines is 1. The smallest absolute Gasteiger partial charge is 0.336 e. The van der Waals surface area contributed by atoms with Gasteiger partial charge in [-0.05, 0) is 30.0 Å². The van der Waals surface area contributed by atoms with Crippen LogP contribution in [-0.2, 0) is 26.3 Å². The van der Waals surface area contributed by atoms with Crippen LogP contribution in [0.3, 0.4) is 0 Å². The van der Waals surface area contributed by atoms with Crippen LogP contribution < -0.4 is 5.32 Å². The second kappa shape index (κ2) is 6.85. The minimum Gasteiger partial charge on any atom is -0.466 e. The first-order chi connectivity index (χ1) is 14.2. The monoisotopic (exact) mass is 388 g/mol. The molecular formula is C24H24N2O3. The van der Waals surface area contributed by atoms with E-state index in [0.717, 1.165) is 37.2 Å². The van der Waals surface area contributed by atoms with Crippen LogP contribution in [0.1, 0.15) is 24.0 Å². The third-order valence-corrected chi connectivity index (χ3v) is 6.83. The van der Waals surface area contributed by atoms with E-state index < -0.39 is 11.9 Å². The average Bonchev–Trinajstić information content (AvgIpc) is 3.29. The molecule has 1 saturated heterocycles. The van der Waals surface area contributed by atoms with Crippen molar-refractivity contribution in [3.8, 4) is 0 Å². The lowest BCUT2D eigenvalue weighted by molar-refractivity contribution is -0.138. The normalized spacial score (nSPS) is 27.6. The summed E-state index contributed by atoms with van der Waals surface area (Å²) in [6.07, 6.45) is 2.45. The quantitative estimate of drug-likeness (QED) is 0.644. The Morgan fingerprint density at radius 1 is 1.21 bits per heavy atom. The molecule has 148 valence electrons. The van der Waals surface area contributed by atoms with E-state index in [0.29, 0.717) is 12.0 Å². The summed E-state index contributed by atoms with van der Waals surface area (Å²) in [6.45, 7) is 1.75. The van der Waals surface area contributed by atoms with Gasteiger partial charge >= 0.3 is 5.97 Å². The van der Waals surface area contributed by atoms with Gasteiger partial charge in [-0.25, -0.2) is 4.79 Å². The van der Waals surface area contributed by atoms with Gasteiger partial charge in [-0.15, -0.1) is 0 Å². The van der Waals surface area contributed by atoms with Gasteiger partial charge in [-0.1, -0.05) is 48.5 Å². The lowest BCUT2D eigenvalue weighted by atomic mass is 9.64. The summed E-state index contributed by atoms with van der Waals surface area (Å²) in [6, 6.07) is 18.8. The second-order valence-corrected chi connectivity index (χ2v) is 8.12. The Kier molecular flexibility index (Phi) is 4.28. The summed E-state index contributed by atoms with van der Waals surface area (Å²) in [5, 5.41) is 3.51. The Labute approximate surface area is 170 Å². The lowest BCUT2D eigenvalue weighted by Crippen LogP contribution is -2.49. The first-order valence-corrected chi connectivity index (χ1v) is 10.1. The highest BCUT2D eigenvalue weighted by atomic mass is 16.5. The van der Waals surface area contributed by atoms with Crippen molar-refractivity contribution < 1.29 is 14.3 Å². The molecule has 2 aromatic rings. The molecule has 3 aliphatic rings. The summed E-state index contributed by atoms with van der Waals surface area (Å²) in [7, 11) is 1.38. The van der Waals surface area contributed by atoms with Crippen LogP contribution in [0.5, 0.6) is 0 Å². The van der Waals surface area contributed by atoms with Crippen molar-refractivity contribution in [2.45, 2.75) is 30.8 Å². The Morgan fingerprint density at radius 3 is 2.72 bits per heavy atom. The van der Waals surface area contributed by atoms with E-state index in [-0.39, 0.29) is 11.5 Å². The van der Waals surface area contributed by atoms with Crippen LogP contribution in [0.15, 0.2) is 65.9 Å². The number of hydrogen-bond donors (Lipinski definition) is 1. The van der Waals surface area contributed by atoms with Gasteiger partial charge in [0.2, 0.25) is 0 Å². The Bertz CT molecular complexity index is 1000. The number of nitrogens with one attached hydrogen (secondary N) is 1. The van der Waals surface area contributed by atoms with E-state index in [1.54, 1.807) is 0 Å². The van der Waals surface area contributed by atoms with Gasteiger partial charge in [0.25, 0.3) is 0 Å². The number of ether oxygens (including phenoxy) is 1. The maximum absolute atomic E-state index is 12.7. The third kappa shape index (κ3) is 2.57. The zero-order valence-corrected chi connectivity index (χ0v) is 16.4. The number of hydrogen-bond acceptors (Lipinski definition) is 5. The van der Waals surface area contributed by atoms with E-state index >= 15 is 0 Å². The van der Waals surface area contributed by atoms with Crippen LogP contribution in [0.2, 0.25) is 0 Å². The van der Waals surface area contributed by atoms with Crippen LogP contribution >= 0.6 is 0 Å². The first kappa shape index (κ1) is 18.1. The molecule has 0 radical (unpaired) electrons. The maximum atomic E-state index is 12.7. The van der Waals surface area contributed by atoms with Crippen molar-refractivity contribution in [1.29, 1.82) is 0 Å². The fraction of sp³-hybridized carbons (Fsp3) is 0.333. The number of rotatable bonds is 4. The number of carbonyl (C=O) groups excluding carboxylic acids is 2. The number of methoxy groups -OCH3 is 1. The SMILES string of the molecule is COC(=O)C1=C2Nc3ccccc3[C@@]23CCN(Cc2ccccc2)[C@H]3C[C@H]1C=O. The number of benzene rings is 2. The van der Waals surface area contributed by atoms with Crippen molar-refractivity contribution >= 4 is 17.9 Å². The molecule has 1 fully saturated rings. The number of fused-ring (bicyclic) bond motifs is 1. The van der Waals surface area contributed by atoms with Gasteiger partial charge in [0.05, 0.1) is 24.0 Å². The number of aldehydes is 1. The molecule has 0 unspecified atom stereocenters. The zero-order valence-electron chi connectivity index (χ0n) is 16.4. The van der Waals surface area contributed by atoms with E-state index in [1.807, 2.05) is 12.1 Å². The molecule has 2 heterocycles. The van der Waals surface area contributed by atoms with Gasteiger partial charge in [0.1, 0.15) is 6.29 Å². The molecular weight excluding hydrogens is 364 g/mol. The number of likely N-dealkylation sites (tertiary alicyclic amines) is 1. The summed E-state index contributed by atoms with van der Waals surface area (Å²) < 4.78 is 5.09. The molecule has 0 amide bonds. The molecule has 1 spiro atoms. The molecule has 5 rings (SSSR count). The summed E-state index contributed by atoms with van der Waals surface area (Å²) in [4.78, 5) is 27.2. The zero-order chi connectivity index (χ0) is 20.0. The van der Waals surface area contributed by atoms with Gasteiger partial charge in [-0.3, -0.25) is 4.90 Å². The van der Waals surface area contributed by atoms with E-state index in [2.05, 4.69) is 52.7 Å². The Hall–Kier alpha value is -2.92. The predicted octanol–water partition coefficient (Wildman–Crippen LogP) is 3.27. The van der Waals surface area contributed by atoms with Crippen molar-refractivity contribution in [3.05, 3.63) is 77.0 Å². The van der Waals surface area contributed by atoms with Crippen molar-refractivity contribution in [3.63, 3.8) is 0 Å². The second-order valence-electron chi connectivity index (χ2n) is 8.12. The minimum absolute atomic E-state index is 0.150. The molecule has 5 nitrogen and oxygen atoms in total. The topological polar surface area (TPSA) is 58.6 Å². The highest BCUT2D eigenvalue weighted by molar-refractivity contribution is 5.96. The number of carbonyl (C=O) groups is 2. The Morgan fingerprint density at radius 2 is 1.97 bits per heavy atom. The van der Waals surface area contributed by atoms with Gasteiger partial charge in [-0.2, -0.15) is 0 Å². The Balaban J connectivity index is 1.65. The molecule has 5 heteroatoms. The standard InChI is InChI=1S/C24H24N2O3/c1-29-23(28)21-17(15-27)13-20-24(18-9-5-6-10-19(18)25-22(21)24)11-12-26(20)14-16-7-3-2-4-8-16/h2-10,15,17,20,25H,11-14H2,1H3/t17-,20-,24+/m0/s1. The number of para-hydroxylation sites is 1. The van der Waals surface area contributed by atoms with Gasteiger partial charge < -0.3 is 14.8 Å². The first-order valence-electron chi connectivity index (χ1n) is 10.1. The molecule has 29 heavy (non-hydrogen) atoms. The molecule has 0 saturated carbocycles. The highest BCUT2D eigenvalue weighted by Crippen LogP contribution is 2.58. The number of esters is 1. The summed E-state index contributed by atoms with van der Waals surface area (Å²) >= 11 is 0. The molecule has 2 aromatic carbocycles.